The number of carbonyl (C=O) groups is 1. The SMILES string of the molecule is CN(C)C(=O)CCc1nc(NCCCOc2cccc(CN3CCCCC3)c2)n(C)n1. The van der Waals surface area contributed by atoms with E-state index in [1.54, 1.807) is 23.7 Å². The fourth-order valence-electron chi connectivity index (χ4n) is 3.71. The first-order valence-corrected chi connectivity index (χ1v) is 11.3. The van der Waals surface area contributed by atoms with E-state index in [1.165, 1.54) is 37.9 Å². The van der Waals surface area contributed by atoms with E-state index in [2.05, 4.69) is 38.5 Å². The Kier molecular flexibility index (Phi) is 8.70. The highest BCUT2D eigenvalue weighted by Crippen LogP contribution is 2.18. The summed E-state index contributed by atoms with van der Waals surface area (Å²) in [5, 5.41) is 7.69. The summed E-state index contributed by atoms with van der Waals surface area (Å²) in [5.41, 5.74) is 1.32. The molecule has 0 bridgehead atoms. The lowest BCUT2D eigenvalue weighted by Gasteiger charge is -2.26. The Morgan fingerprint density at radius 2 is 2.03 bits per heavy atom. The van der Waals surface area contributed by atoms with Gasteiger partial charge in [0.1, 0.15) is 5.75 Å². The van der Waals surface area contributed by atoms with Gasteiger partial charge in [-0.2, -0.15) is 10.1 Å². The van der Waals surface area contributed by atoms with Crippen LogP contribution in [0.25, 0.3) is 0 Å². The Morgan fingerprint density at radius 1 is 1.23 bits per heavy atom. The Morgan fingerprint density at radius 3 is 2.81 bits per heavy atom. The summed E-state index contributed by atoms with van der Waals surface area (Å²) in [6, 6.07) is 8.44. The normalized spacial score (nSPS) is 14.4. The molecule has 1 fully saturated rings. The monoisotopic (exact) mass is 428 g/mol. The lowest BCUT2D eigenvalue weighted by molar-refractivity contribution is -0.128. The number of aromatic nitrogens is 3. The molecule has 1 saturated heterocycles. The fourth-order valence-corrected chi connectivity index (χ4v) is 3.71. The van der Waals surface area contributed by atoms with Crippen LogP contribution in [0.5, 0.6) is 5.75 Å². The van der Waals surface area contributed by atoms with E-state index < -0.39 is 0 Å². The van der Waals surface area contributed by atoms with E-state index >= 15 is 0 Å². The minimum absolute atomic E-state index is 0.0825. The van der Waals surface area contributed by atoms with Gasteiger partial charge in [0.05, 0.1) is 6.61 Å². The topological polar surface area (TPSA) is 75.5 Å². The average Bonchev–Trinajstić information content (AvgIpc) is 3.12. The molecule has 0 unspecified atom stereocenters. The third kappa shape index (κ3) is 7.54. The zero-order valence-corrected chi connectivity index (χ0v) is 19.1. The summed E-state index contributed by atoms with van der Waals surface area (Å²) in [6.45, 7) is 4.80. The number of piperidine rings is 1. The maximum atomic E-state index is 11.7. The molecule has 31 heavy (non-hydrogen) atoms. The van der Waals surface area contributed by atoms with Crippen LogP contribution in [0.2, 0.25) is 0 Å². The largest absolute Gasteiger partial charge is 0.494 e. The Hall–Kier alpha value is -2.61. The average molecular weight is 429 g/mol. The number of hydrogen-bond donors (Lipinski definition) is 1. The van der Waals surface area contributed by atoms with Crippen LogP contribution in [-0.2, 0) is 24.8 Å². The molecule has 1 aliphatic heterocycles. The number of carbonyl (C=O) groups excluding carboxylic acids is 1. The van der Waals surface area contributed by atoms with E-state index in [9.17, 15) is 4.79 Å². The van der Waals surface area contributed by atoms with Crippen molar-refractivity contribution in [2.75, 3.05) is 45.7 Å². The van der Waals surface area contributed by atoms with Gasteiger partial charge in [-0.15, -0.1) is 0 Å². The molecule has 0 radical (unpaired) electrons. The van der Waals surface area contributed by atoms with Crippen molar-refractivity contribution in [3.63, 3.8) is 0 Å². The van der Waals surface area contributed by atoms with Crippen LogP contribution in [0.3, 0.4) is 0 Å². The van der Waals surface area contributed by atoms with E-state index in [4.69, 9.17) is 4.74 Å². The van der Waals surface area contributed by atoms with Crippen LogP contribution < -0.4 is 10.1 Å². The van der Waals surface area contributed by atoms with Crippen molar-refractivity contribution in [2.24, 2.45) is 7.05 Å². The molecular formula is C23H36N6O2. The number of benzene rings is 1. The lowest BCUT2D eigenvalue weighted by atomic mass is 10.1. The molecule has 0 atom stereocenters. The summed E-state index contributed by atoms with van der Waals surface area (Å²) >= 11 is 0. The molecule has 0 aliphatic carbocycles. The molecule has 1 aromatic carbocycles. The molecule has 170 valence electrons. The number of aryl methyl sites for hydroxylation is 2. The van der Waals surface area contributed by atoms with Gasteiger partial charge in [-0.05, 0) is 50.0 Å². The van der Waals surface area contributed by atoms with Gasteiger partial charge in [0, 0.05) is 47.1 Å². The summed E-state index contributed by atoms with van der Waals surface area (Å²) in [6.07, 6.45) is 5.80. The predicted octanol–water partition coefficient (Wildman–Crippen LogP) is 2.70. The van der Waals surface area contributed by atoms with Gasteiger partial charge in [0.15, 0.2) is 5.82 Å². The fraction of sp³-hybridized carbons (Fsp3) is 0.609. The first-order valence-electron chi connectivity index (χ1n) is 11.3. The first-order chi connectivity index (χ1) is 15.0. The highest BCUT2D eigenvalue weighted by atomic mass is 16.5. The van der Waals surface area contributed by atoms with E-state index in [1.807, 2.05) is 13.1 Å². The Bertz CT molecular complexity index is 829. The zero-order valence-electron chi connectivity index (χ0n) is 19.1. The molecule has 2 heterocycles. The van der Waals surface area contributed by atoms with E-state index in [-0.39, 0.29) is 5.91 Å². The van der Waals surface area contributed by atoms with Crippen LogP contribution >= 0.6 is 0 Å². The van der Waals surface area contributed by atoms with Crippen LogP contribution in [0.15, 0.2) is 24.3 Å². The third-order valence-corrected chi connectivity index (χ3v) is 5.49. The maximum absolute atomic E-state index is 11.7. The zero-order chi connectivity index (χ0) is 22.1. The van der Waals surface area contributed by atoms with Crippen LogP contribution in [0.1, 0.15) is 43.5 Å². The summed E-state index contributed by atoms with van der Waals surface area (Å²) < 4.78 is 7.68. The molecule has 3 rings (SSSR count). The second-order valence-electron chi connectivity index (χ2n) is 8.38. The number of hydrogen-bond acceptors (Lipinski definition) is 6. The van der Waals surface area contributed by atoms with Crippen molar-refractivity contribution in [3.05, 3.63) is 35.7 Å². The molecular weight excluding hydrogens is 392 g/mol. The minimum atomic E-state index is 0.0825. The standard InChI is InChI=1S/C23H36N6O2/c1-27(2)22(30)12-11-21-25-23(28(3)26-21)24-13-8-16-31-20-10-7-9-19(17-20)18-29-14-5-4-6-15-29/h7,9-10,17H,4-6,8,11-16,18H2,1-3H3,(H,24,25,26). The van der Waals surface area contributed by atoms with Crippen LogP contribution in [0, 0.1) is 0 Å². The molecule has 1 aliphatic rings. The maximum Gasteiger partial charge on any atom is 0.222 e. The molecule has 2 aromatic rings. The first kappa shape index (κ1) is 23.1. The van der Waals surface area contributed by atoms with Crippen molar-refractivity contribution in [1.29, 1.82) is 0 Å². The number of amides is 1. The molecule has 1 aromatic heterocycles. The van der Waals surface area contributed by atoms with Crippen molar-refractivity contribution in [1.82, 2.24) is 24.6 Å². The Labute approximate surface area is 185 Å². The van der Waals surface area contributed by atoms with E-state index in [0.717, 1.165) is 31.2 Å². The molecule has 1 N–H and O–H groups in total. The summed E-state index contributed by atoms with van der Waals surface area (Å²) in [4.78, 5) is 20.3. The number of nitrogens with one attached hydrogen (secondary N) is 1. The number of nitrogens with zero attached hydrogens (tertiary/aromatic N) is 5. The number of anilines is 1. The van der Waals surface area contributed by atoms with Crippen molar-refractivity contribution >= 4 is 11.9 Å². The second kappa shape index (κ2) is 11.7. The predicted molar refractivity (Wildman–Crippen MR) is 122 cm³/mol. The molecule has 0 saturated carbocycles. The van der Waals surface area contributed by atoms with Gasteiger partial charge in [-0.3, -0.25) is 9.69 Å². The molecule has 8 heteroatoms. The quantitative estimate of drug-likeness (QED) is 0.555. The van der Waals surface area contributed by atoms with Gasteiger partial charge < -0.3 is 15.0 Å². The number of likely N-dealkylation sites (tertiary alicyclic amines) is 1. The van der Waals surface area contributed by atoms with Gasteiger partial charge in [-0.25, -0.2) is 4.68 Å². The van der Waals surface area contributed by atoms with E-state index in [0.29, 0.717) is 25.3 Å². The highest BCUT2D eigenvalue weighted by Gasteiger charge is 2.11. The minimum Gasteiger partial charge on any atom is -0.494 e. The smallest absolute Gasteiger partial charge is 0.222 e. The Balaban J connectivity index is 1.36. The molecule has 1 amide bonds. The second-order valence-corrected chi connectivity index (χ2v) is 8.38. The lowest BCUT2D eigenvalue weighted by Crippen LogP contribution is -2.29. The van der Waals surface area contributed by atoms with Gasteiger partial charge in [0.25, 0.3) is 0 Å². The van der Waals surface area contributed by atoms with Crippen LogP contribution in [-0.4, -0.2) is 70.8 Å². The van der Waals surface area contributed by atoms with Gasteiger partial charge >= 0.3 is 0 Å². The van der Waals surface area contributed by atoms with Crippen molar-refractivity contribution in [2.45, 2.75) is 45.1 Å². The van der Waals surface area contributed by atoms with Crippen molar-refractivity contribution < 1.29 is 9.53 Å². The summed E-state index contributed by atoms with van der Waals surface area (Å²) in [5.74, 6) is 2.41. The summed E-state index contributed by atoms with van der Waals surface area (Å²) in [7, 11) is 5.37. The number of ether oxygens (including phenoxy) is 1. The van der Waals surface area contributed by atoms with Gasteiger partial charge in [0.2, 0.25) is 11.9 Å². The molecule has 8 nitrogen and oxygen atoms in total. The van der Waals surface area contributed by atoms with Crippen LogP contribution in [0.4, 0.5) is 5.95 Å². The van der Waals surface area contributed by atoms with Crippen molar-refractivity contribution in [3.8, 4) is 5.75 Å². The number of rotatable bonds is 11. The molecule has 0 spiro atoms. The third-order valence-electron chi connectivity index (χ3n) is 5.49. The highest BCUT2D eigenvalue weighted by molar-refractivity contribution is 5.75. The van der Waals surface area contributed by atoms with Gasteiger partial charge in [-0.1, -0.05) is 18.6 Å².